The summed E-state index contributed by atoms with van der Waals surface area (Å²) in [7, 11) is 0. The van der Waals surface area contributed by atoms with Crippen LogP contribution in [0, 0.1) is 0 Å². The van der Waals surface area contributed by atoms with Gasteiger partial charge in [-0.3, -0.25) is 4.79 Å². The van der Waals surface area contributed by atoms with Crippen molar-refractivity contribution in [1.29, 1.82) is 0 Å². The summed E-state index contributed by atoms with van der Waals surface area (Å²) in [6.45, 7) is 5.39. The number of carbonyl (C=O) groups is 1. The summed E-state index contributed by atoms with van der Waals surface area (Å²) in [6, 6.07) is 6.93. The van der Waals surface area contributed by atoms with E-state index >= 15 is 0 Å². The Morgan fingerprint density at radius 3 is 2.41 bits per heavy atom. The number of rotatable bonds is 9. The Kier molecular flexibility index (Phi) is 6.51. The van der Waals surface area contributed by atoms with Crippen molar-refractivity contribution >= 4 is 6.29 Å². The third-order valence-corrected chi connectivity index (χ3v) is 1.98. The van der Waals surface area contributed by atoms with E-state index in [0.29, 0.717) is 32.0 Å². The van der Waals surface area contributed by atoms with Gasteiger partial charge in [-0.1, -0.05) is 6.58 Å². The van der Waals surface area contributed by atoms with Crippen molar-refractivity contribution in [3.63, 3.8) is 0 Å². The zero-order chi connectivity index (χ0) is 12.3. The Hall–Kier alpha value is -1.81. The standard InChI is InChI=1S/C13H16O4/c1-2-15-7-8-16-9-10-17-13-5-3-12(11-14)4-6-13/h2-6,11H,1,7-10H2. The van der Waals surface area contributed by atoms with Crippen LogP contribution in [-0.4, -0.2) is 32.7 Å². The molecular formula is C13H16O4. The minimum atomic E-state index is 0.467. The Morgan fingerprint density at radius 2 is 1.76 bits per heavy atom. The molecule has 1 rings (SSSR count). The first-order chi connectivity index (χ1) is 8.36. The number of hydrogen-bond donors (Lipinski definition) is 0. The summed E-state index contributed by atoms with van der Waals surface area (Å²) < 4.78 is 15.5. The Balaban J connectivity index is 2.09. The van der Waals surface area contributed by atoms with E-state index in [1.54, 1.807) is 24.3 Å². The molecule has 4 nitrogen and oxygen atoms in total. The Morgan fingerprint density at radius 1 is 1.06 bits per heavy atom. The Bertz CT molecular complexity index is 332. The van der Waals surface area contributed by atoms with Gasteiger partial charge in [0.15, 0.2) is 0 Å². The normalized spacial score (nSPS) is 9.65. The lowest BCUT2D eigenvalue weighted by Crippen LogP contribution is -2.09. The molecule has 0 fully saturated rings. The largest absolute Gasteiger partial charge is 0.499 e. The summed E-state index contributed by atoms with van der Waals surface area (Å²) in [6.07, 6.45) is 2.18. The molecule has 0 saturated carbocycles. The first kappa shape index (κ1) is 13.3. The molecule has 0 radical (unpaired) electrons. The molecule has 0 unspecified atom stereocenters. The molecule has 0 aliphatic carbocycles. The second-order valence-electron chi connectivity index (χ2n) is 3.19. The van der Waals surface area contributed by atoms with Crippen LogP contribution in [0.25, 0.3) is 0 Å². The van der Waals surface area contributed by atoms with Crippen LogP contribution < -0.4 is 4.74 Å². The van der Waals surface area contributed by atoms with Crippen molar-refractivity contribution in [2.24, 2.45) is 0 Å². The molecule has 0 aliphatic rings. The zero-order valence-corrected chi connectivity index (χ0v) is 9.63. The quantitative estimate of drug-likeness (QED) is 0.374. The van der Waals surface area contributed by atoms with Crippen molar-refractivity contribution in [2.45, 2.75) is 0 Å². The van der Waals surface area contributed by atoms with Crippen LogP contribution in [0.15, 0.2) is 37.1 Å². The highest BCUT2D eigenvalue weighted by Gasteiger charge is 1.94. The average Bonchev–Trinajstić information content (AvgIpc) is 2.38. The van der Waals surface area contributed by atoms with Gasteiger partial charge in [0.05, 0.1) is 19.5 Å². The summed E-state index contributed by atoms with van der Waals surface area (Å²) in [5.41, 5.74) is 0.634. The van der Waals surface area contributed by atoms with E-state index in [-0.39, 0.29) is 0 Å². The number of carbonyl (C=O) groups excluding carboxylic acids is 1. The average molecular weight is 236 g/mol. The summed E-state index contributed by atoms with van der Waals surface area (Å²) in [5.74, 6) is 0.724. The van der Waals surface area contributed by atoms with E-state index in [2.05, 4.69) is 6.58 Å². The van der Waals surface area contributed by atoms with Crippen molar-refractivity contribution in [3.05, 3.63) is 42.7 Å². The SMILES string of the molecule is C=COCCOCCOc1ccc(C=O)cc1. The monoisotopic (exact) mass is 236 g/mol. The van der Waals surface area contributed by atoms with Gasteiger partial charge in [0.1, 0.15) is 25.2 Å². The van der Waals surface area contributed by atoms with E-state index in [0.717, 1.165) is 12.0 Å². The molecule has 1 aromatic carbocycles. The summed E-state index contributed by atoms with van der Waals surface area (Å²) >= 11 is 0. The highest BCUT2D eigenvalue weighted by Crippen LogP contribution is 2.10. The number of aldehydes is 1. The lowest BCUT2D eigenvalue weighted by atomic mass is 10.2. The fourth-order valence-electron chi connectivity index (χ4n) is 1.15. The molecule has 0 aromatic heterocycles. The lowest BCUT2D eigenvalue weighted by Gasteiger charge is -2.07. The number of ether oxygens (including phenoxy) is 3. The lowest BCUT2D eigenvalue weighted by molar-refractivity contribution is 0.0654. The molecule has 17 heavy (non-hydrogen) atoms. The molecule has 0 amide bonds. The van der Waals surface area contributed by atoms with E-state index < -0.39 is 0 Å². The van der Waals surface area contributed by atoms with Gasteiger partial charge in [-0.2, -0.15) is 0 Å². The van der Waals surface area contributed by atoms with Gasteiger partial charge in [0.25, 0.3) is 0 Å². The molecular weight excluding hydrogens is 220 g/mol. The predicted molar refractivity (Wildman–Crippen MR) is 64.3 cm³/mol. The van der Waals surface area contributed by atoms with Crippen molar-refractivity contribution in [1.82, 2.24) is 0 Å². The molecule has 0 spiro atoms. The highest BCUT2D eigenvalue weighted by atomic mass is 16.5. The second kappa shape index (κ2) is 8.35. The molecule has 4 heteroatoms. The van der Waals surface area contributed by atoms with E-state index in [9.17, 15) is 4.79 Å². The van der Waals surface area contributed by atoms with Crippen LogP contribution in [0.4, 0.5) is 0 Å². The fraction of sp³-hybridized carbons (Fsp3) is 0.308. The van der Waals surface area contributed by atoms with E-state index in [4.69, 9.17) is 14.2 Å². The van der Waals surface area contributed by atoms with E-state index in [1.165, 1.54) is 6.26 Å². The van der Waals surface area contributed by atoms with Crippen molar-refractivity contribution in [2.75, 3.05) is 26.4 Å². The molecule has 0 heterocycles. The highest BCUT2D eigenvalue weighted by molar-refractivity contribution is 5.74. The molecule has 0 aliphatic heterocycles. The van der Waals surface area contributed by atoms with Crippen LogP contribution in [0.2, 0.25) is 0 Å². The molecule has 1 aromatic rings. The van der Waals surface area contributed by atoms with Crippen molar-refractivity contribution < 1.29 is 19.0 Å². The molecule has 0 atom stereocenters. The van der Waals surface area contributed by atoms with Gasteiger partial charge in [0.2, 0.25) is 0 Å². The molecule has 0 N–H and O–H groups in total. The van der Waals surface area contributed by atoms with Crippen LogP contribution in [0.3, 0.4) is 0 Å². The summed E-state index contributed by atoms with van der Waals surface area (Å²) in [5, 5.41) is 0. The van der Waals surface area contributed by atoms with Crippen LogP contribution in [0.1, 0.15) is 10.4 Å². The van der Waals surface area contributed by atoms with Crippen LogP contribution >= 0.6 is 0 Å². The van der Waals surface area contributed by atoms with Crippen LogP contribution in [0.5, 0.6) is 5.75 Å². The van der Waals surface area contributed by atoms with Crippen LogP contribution in [-0.2, 0) is 9.47 Å². The van der Waals surface area contributed by atoms with E-state index in [1.807, 2.05) is 0 Å². The number of benzene rings is 1. The minimum Gasteiger partial charge on any atom is -0.499 e. The first-order valence-corrected chi connectivity index (χ1v) is 5.35. The minimum absolute atomic E-state index is 0.467. The summed E-state index contributed by atoms with van der Waals surface area (Å²) in [4.78, 5) is 10.4. The molecule has 92 valence electrons. The maximum Gasteiger partial charge on any atom is 0.150 e. The maximum atomic E-state index is 10.4. The van der Waals surface area contributed by atoms with Gasteiger partial charge in [0, 0.05) is 5.56 Å². The van der Waals surface area contributed by atoms with Crippen molar-refractivity contribution in [3.8, 4) is 5.75 Å². The van der Waals surface area contributed by atoms with Gasteiger partial charge in [-0.05, 0) is 24.3 Å². The predicted octanol–water partition coefficient (Wildman–Crippen LogP) is 2.05. The van der Waals surface area contributed by atoms with Gasteiger partial charge in [-0.15, -0.1) is 0 Å². The first-order valence-electron chi connectivity index (χ1n) is 5.35. The third-order valence-electron chi connectivity index (χ3n) is 1.98. The topological polar surface area (TPSA) is 44.8 Å². The van der Waals surface area contributed by atoms with Gasteiger partial charge in [-0.25, -0.2) is 0 Å². The fourth-order valence-corrected chi connectivity index (χ4v) is 1.15. The third kappa shape index (κ3) is 5.73. The molecule has 0 bridgehead atoms. The number of hydrogen-bond acceptors (Lipinski definition) is 4. The zero-order valence-electron chi connectivity index (χ0n) is 9.63. The molecule has 0 saturated heterocycles. The Labute approximate surface area is 101 Å². The van der Waals surface area contributed by atoms with Gasteiger partial charge < -0.3 is 14.2 Å². The smallest absolute Gasteiger partial charge is 0.150 e. The van der Waals surface area contributed by atoms with Gasteiger partial charge >= 0.3 is 0 Å². The second-order valence-corrected chi connectivity index (χ2v) is 3.19. The maximum absolute atomic E-state index is 10.4.